The summed E-state index contributed by atoms with van der Waals surface area (Å²) in [6.45, 7) is 0.651. The highest BCUT2D eigenvalue weighted by Gasteiger charge is 2.13. The molecule has 3 nitrogen and oxygen atoms in total. The third-order valence-corrected chi connectivity index (χ3v) is 4.05. The minimum absolute atomic E-state index is 0.0144. The van der Waals surface area contributed by atoms with Crippen molar-refractivity contribution >= 4 is 28.8 Å². The zero-order chi connectivity index (χ0) is 13.8. The number of hydrogen-bond acceptors (Lipinski definition) is 3. The van der Waals surface area contributed by atoms with E-state index in [0.717, 1.165) is 6.42 Å². The van der Waals surface area contributed by atoms with Gasteiger partial charge in [-0.2, -0.15) is 0 Å². The molecule has 0 saturated heterocycles. The number of amides is 1. The summed E-state index contributed by atoms with van der Waals surface area (Å²) < 4.78 is 0. The number of thiophene rings is 1. The number of likely N-dealkylation sites (N-methyl/N-ethyl adjacent to an activating group) is 1. The molecule has 0 aliphatic carbocycles. The van der Waals surface area contributed by atoms with Gasteiger partial charge in [-0.25, -0.2) is 0 Å². The first-order valence-electron chi connectivity index (χ1n) is 5.84. The van der Waals surface area contributed by atoms with E-state index in [4.69, 9.17) is 11.6 Å². The second-order valence-electron chi connectivity index (χ2n) is 4.22. The Morgan fingerprint density at radius 2 is 2.21 bits per heavy atom. The summed E-state index contributed by atoms with van der Waals surface area (Å²) in [5, 5.41) is 11.6. The molecule has 1 heterocycles. The third-order valence-electron chi connectivity index (χ3n) is 2.82. The van der Waals surface area contributed by atoms with Crippen molar-refractivity contribution in [3.8, 4) is 5.75 Å². The molecule has 2 rings (SSSR count). The molecular weight excluding hydrogens is 282 g/mol. The van der Waals surface area contributed by atoms with Crippen LogP contribution in [0.25, 0.3) is 0 Å². The lowest BCUT2D eigenvalue weighted by Gasteiger charge is -2.17. The van der Waals surface area contributed by atoms with Crippen molar-refractivity contribution < 1.29 is 9.90 Å². The molecule has 0 spiro atoms. The van der Waals surface area contributed by atoms with Crippen molar-refractivity contribution in [1.29, 1.82) is 0 Å². The Labute approximate surface area is 121 Å². The van der Waals surface area contributed by atoms with Gasteiger partial charge in [-0.3, -0.25) is 4.79 Å². The van der Waals surface area contributed by atoms with Crippen LogP contribution < -0.4 is 0 Å². The number of rotatable bonds is 4. The lowest BCUT2D eigenvalue weighted by Crippen LogP contribution is -2.28. The molecular formula is C14H14ClNO2S. The molecule has 0 fully saturated rings. The summed E-state index contributed by atoms with van der Waals surface area (Å²) in [7, 11) is 1.76. The van der Waals surface area contributed by atoms with E-state index in [2.05, 4.69) is 6.07 Å². The highest BCUT2D eigenvalue weighted by atomic mass is 35.5. The van der Waals surface area contributed by atoms with Gasteiger partial charge >= 0.3 is 0 Å². The molecule has 1 aromatic heterocycles. The minimum atomic E-state index is -0.0987. The molecule has 1 amide bonds. The molecule has 1 aromatic carbocycles. The van der Waals surface area contributed by atoms with Gasteiger partial charge < -0.3 is 10.0 Å². The molecule has 0 bridgehead atoms. The predicted molar refractivity (Wildman–Crippen MR) is 78.1 cm³/mol. The van der Waals surface area contributed by atoms with E-state index in [0.29, 0.717) is 12.1 Å². The van der Waals surface area contributed by atoms with Crippen molar-refractivity contribution in [2.24, 2.45) is 0 Å². The van der Waals surface area contributed by atoms with Gasteiger partial charge in [0.1, 0.15) is 5.75 Å². The fourth-order valence-electron chi connectivity index (χ4n) is 1.69. The van der Waals surface area contributed by atoms with Crippen LogP contribution in [0.3, 0.4) is 0 Å². The van der Waals surface area contributed by atoms with E-state index >= 15 is 0 Å². The van der Waals surface area contributed by atoms with Gasteiger partial charge in [-0.05, 0) is 36.1 Å². The first kappa shape index (κ1) is 13.9. The number of nitrogens with zero attached hydrogens (tertiary/aromatic N) is 1. The summed E-state index contributed by atoms with van der Waals surface area (Å²) in [5.41, 5.74) is 0.483. The van der Waals surface area contributed by atoms with Crippen LogP contribution in [0, 0.1) is 0 Å². The standard InChI is InChI=1S/C14H14ClNO2S/c1-16(7-6-11-3-2-8-19-11)14(18)10-4-5-13(17)12(15)9-10/h2-5,8-9,17H,6-7H2,1H3. The van der Waals surface area contributed by atoms with E-state index in [9.17, 15) is 9.90 Å². The number of carbonyl (C=O) groups excluding carboxylic acids is 1. The van der Waals surface area contributed by atoms with Crippen LogP contribution in [0.15, 0.2) is 35.7 Å². The largest absolute Gasteiger partial charge is 0.506 e. The molecule has 0 unspecified atom stereocenters. The zero-order valence-electron chi connectivity index (χ0n) is 10.5. The molecule has 0 saturated carbocycles. The van der Waals surface area contributed by atoms with E-state index in [1.807, 2.05) is 11.4 Å². The van der Waals surface area contributed by atoms with Crippen molar-refractivity contribution in [1.82, 2.24) is 4.90 Å². The minimum Gasteiger partial charge on any atom is -0.506 e. The smallest absolute Gasteiger partial charge is 0.253 e. The Morgan fingerprint density at radius 1 is 1.42 bits per heavy atom. The Morgan fingerprint density at radius 3 is 2.84 bits per heavy atom. The quantitative estimate of drug-likeness (QED) is 0.939. The molecule has 1 N–H and O–H groups in total. The van der Waals surface area contributed by atoms with Crippen LogP contribution in [0.4, 0.5) is 0 Å². The van der Waals surface area contributed by atoms with E-state index in [1.165, 1.54) is 17.0 Å². The number of phenolic OH excluding ortho intramolecular Hbond substituents is 1. The summed E-state index contributed by atoms with van der Waals surface area (Å²) in [6.07, 6.45) is 0.839. The van der Waals surface area contributed by atoms with E-state index in [-0.39, 0.29) is 16.7 Å². The van der Waals surface area contributed by atoms with Crippen molar-refractivity contribution in [2.45, 2.75) is 6.42 Å². The number of benzene rings is 1. The fraction of sp³-hybridized carbons (Fsp3) is 0.214. The number of aromatic hydroxyl groups is 1. The lowest BCUT2D eigenvalue weighted by molar-refractivity contribution is 0.0797. The highest BCUT2D eigenvalue weighted by molar-refractivity contribution is 7.09. The van der Waals surface area contributed by atoms with Gasteiger partial charge in [0.25, 0.3) is 5.91 Å². The van der Waals surface area contributed by atoms with Crippen LogP contribution in [-0.2, 0) is 6.42 Å². The average Bonchev–Trinajstić information content (AvgIpc) is 2.91. The number of hydrogen-bond donors (Lipinski definition) is 1. The van der Waals surface area contributed by atoms with Crippen LogP contribution in [0.2, 0.25) is 5.02 Å². The highest BCUT2D eigenvalue weighted by Crippen LogP contribution is 2.24. The third kappa shape index (κ3) is 3.49. The average molecular weight is 296 g/mol. The van der Waals surface area contributed by atoms with Crippen LogP contribution in [0.5, 0.6) is 5.75 Å². The summed E-state index contributed by atoms with van der Waals surface area (Å²) >= 11 is 7.49. The van der Waals surface area contributed by atoms with Crippen LogP contribution in [-0.4, -0.2) is 29.5 Å². The molecule has 0 aliphatic rings. The second-order valence-corrected chi connectivity index (χ2v) is 5.66. The first-order chi connectivity index (χ1) is 9.08. The normalized spacial score (nSPS) is 10.4. The summed E-state index contributed by atoms with van der Waals surface area (Å²) in [6, 6.07) is 8.55. The number of carbonyl (C=O) groups is 1. The predicted octanol–water partition coefficient (Wildman–Crippen LogP) is 3.42. The molecule has 2 aromatic rings. The topological polar surface area (TPSA) is 40.5 Å². The first-order valence-corrected chi connectivity index (χ1v) is 7.10. The molecule has 100 valence electrons. The van der Waals surface area contributed by atoms with Crippen molar-refractivity contribution in [3.05, 3.63) is 51.2 Å². The van der Waals surface area contributed by atoms with Gasteiger partial charge in [0.2, 0.25) is 0 Å². The van der Waals surface area contributed by atoms with Crippen LogP contribution >= 0.6 is 22.9 Å². The molecule has 0 radical (unpaired) electrons. The van der Waals surface area contributed by atoms with Gasteiger partial charge in [0.05, 0.1) is 5.02 Å². The van der Waals surface area contributed by atoms with E-state index in [1.54, 1.807) is 29.4 Å². The number of halogens is 1. The Balaban J connectivity index is 2.00. The SMILES string of the molecule is CN(CCc1cccs1)C(=O)c1ccc(O)c(Cl)c1. The Kier molecular flexibility index (Phi) is 4.45. The van der Waals surface area contributed by atoms with Gasteiger partial charge in [-0.15, -0.1) is 11.3 Å². The van der Waals surface area contributed by atoms with Gasteiger partial charge in [-0.1, -0.05) is 17.7 Å². The zero-order valence-corrected chi connectivity index (χ0v) is 12.0. The Bertz CT molecular complexity index is 569. The molecule has 0 aliphatic heterocycles. The molecule has 5 heteroatoms. The monoisotopic (exact) mass is 295 g/mol. The second kappa shape index (κ2) is 6.08. The number of phenols is 1. The molecule has 0 atom stereocenters. The summed E-state index contributed by atoms with van der Waals surface area (Å²) in [4.78, 5) is 15.1. The maximum absolute atomic E-state index is 12.2. The Hall–Kier alpha value is -1.52. The maximum atomic E-state index is 12.2. The molecule has 19 heavy (non-hydrogen) atoms. The van der Waals surface area contributed by atoms with Gasteiger partial charge in [0.15, 0.2) is 0 Å². The van der Waals surface area contributed by atoms with E-state index < -0.39 is 0 Å². The summed E-state index contributed by atoms with van der Waals surface area (Å²) in [5.74, 6) is -0.113. The van der Waals surface area contributed by atoms with Gasteiger partial charge in [0, 0.05) is 24.0 Å². The van der Waals surface area contributed by atoms with Crippen molar-refractivity contribution in [2.75, 3.05) is 13.6 Å². The van der Waals surface area contributed by atoms with Crippen LogP contribution in [0.1, 0.15) is 15.2 Å². The lowest BCUT2D eigenvalue weighted by atomic mass is 10.2. The maximum Gasteiger partial charge on any atom is 0.253 e. The van der Waals surface area contributed by atoms with Crippen molar-refractivity contribution in [3.63, 3.8) is 0 Å². The fourth-order valence-corrected chi connectivity index (χ4v) is 2.57.